The van der Waals surface area contributed by atoms with Crippen LogP contribution in [0.1, 0.15) is 30.2 Å². The highest BCUT2D eigenvalue weighted by molar-refractivity contribution is 5.79. The molecule has 0 saturated carbocycles. The zero-order chi connectivity index (χ0) is 17.4. The predicted octanol–water partition coefficient (Wildman–Crippen LogP) is 1.30. The molecule has 0 spiro atoms. The van der Waals surface area contributed by atoms with E-state index in [1.54, 1.807) is 7.11 Å². The van der Waals surface area contributed by atoms with Crippen molar-refractivity contribution >= 4 is 5.91 Å². The van der Waals surface area contributed by atoms with Crippen LogP contribution < -0.4 is 9.47 Å². The SMILES string of the molecule is COCc1nnc2n1CCN(C(=O)Cc1ccc3c(c1)OCO3)[C@@H]2C. The van der Waals surface area contributed by atoms with Crippen LogP contribution >= 0.6 is 0 Å². The molecule has 8 heteroatoms. The minimum atomic E-state index is -0.117. The van der Waals surface area contributed by atoms with Gasteiger partial charge in [0.05, 0.1) is 12.5 Å². The van der Waals surface area contributed by atoms with Gasteiger partial charge in [-0.1, -0.05) is 6.07 Å². The fourth-order valence-corrected chi connectivity index (χ4v) is 3.35. The number of rotatable bonds is 4. The van der Waals surface area contributed by atoms with Gasteiger partial charge in [0, 0.05) is 20.2 Å². The van der Waals surface area contributed by atoms with Crippen molar-refractivity contribution in [3.63, 3.8) is 0 Å². The number of carbonyl (C=O) groups is 1. The Bertz CT molecular complexity index is 804. The van der Waals surface area contributed by atoms with Crippen molar-refractivity contribution in [3.05, 3.63) is 35.4 Å². The number of ether oxygens (including phenoxy) is 3. The van der Waals surface area contributed by atoms with Gasteiger partial charge >= 0.3 is 0 Å². The molecular formula is C17H20N4O4. The van der Waals surface area contributed by atoms with Gasteiger partial charge in [-0.25, -0.2) is 0 Å². The molecule has 0 N–H and O–H groups in total. The Hall–Kier alpha value is -2.61. The number of benzene rings is 1. The number of fused-ring (bicyclic) bond motifs is 2. The number of nitrogens with zero attached hydrogens (tertiary/aromatic N) is 4. The van der Waals surface area contributed by atoms with Crippen LogP contribution in [0.15, 0.2) is 18.2 Å². The molecular weight excluding hydrogens is 324 g/mol. The molecule has 1 aromatic carbocycles. The summed E-state index contributed by atoms with van der Waals surface area (Å²) in [6.45, 7) is 3.94. The highest BCUT2D eigenvalue weighted by Gasteiger charge is 2.31. The summed E-state index contributed by atoms with van der Waals surface area (Å²) < 4.78 is 17.9. The van der Waals surface area contributed by atoms with Crippen LogP contribution in [0.3, 0.4) is 0 Å². The third kappa shape index (κ3) is 2.82. The lowest BCUT2D eigenvalue weighted by Gasteiger charge is -2.33. The summed E-state index contributed by atoms with van der Waals surface area (Å²) in [4.78, 5) is 14.6. The highest BCUT2D eigenvalue weighted by Crippen LogP contribution is 2.33. The van der Waals surface area contributed by atoms with Crippen molar-refractivity contribution in [2.75, 3.05) is 20.4 Å². The van der Waals surface area contributed by atoms with E-state index in [1.165, 1.54) is 0 Å². The highest BCUT2D eigenvalue weighted by atomic mass is 16.7. The predicted molar refractivity (Wildman–Crippen MR) is 87.1 cm³/mol. The summed E-state index contributed by atoms with van der Waals surface area (Å²) >= 11 is 0. The number of hydrogen-bond acceptors (Lipinski definition) is 6. The quantitative estimate of drug-likeness (QED) is 0.832. The maximum absolute atomic E-state index is 12.8. The first-order chi connectivity index (χ1) is 12.2. The average molecular weight is 344 g/mol. The topological polar surface area (TPSA) is 78.7 Å². The van der Waals surface area contributed by atoms with Crippen molar-refractivity contribution in [2.24, 2.45) is 0 Å². The number of amides is 1. The molecule has 8 nitrogen and oxygen atoms in total. The number of hydrogen-bond donors (Lipinski definition) is 0. The lowest BCUT2D eigenvalue weighted by molar-refractivity contribution is -0.133. The summed E-state index contributed by atoms with van der Waals surface area (Å²) in [5.41, 5.74) is 0.911. The van der Waals surface area contributed by atoms with Gasteiger partial charge in [-0.05, 0) is 24.6 Å². The second-order valence-corrected chi connectivity index (χ2v) is 6.19. The lowest BCUT2D eigenvalue weighted by atomic mass is 10.1. The summed E-state index contributed by atoms with van der Waals surface area (Å²) in [6, 6.07) is 5.50. The van der Waals surface area contributed by atoms with E-state index in [2.05, 4.69) is 10.2 Å². The van der Waals surface area contributed by atoms with Crippen molar-refractivity contribution in [1.29, 1.82) is 0 Å². The maximum atomic E-state index is 12.8. The third-order valence-corrected chi connectivity index (χ3v) is 4.65. The molecule has 2 aromatic rings. The molecule has 132 valence electrons. The first-order valence-electron chi connectivity index (χ1n) is 8.26. The number of aromatic nitrogens is 3. The zero-order valence-electron chi connectivity index (χ0n) is 14.3. The molecule has 0 fully saturated rings. The minimum Gasteiger partial charge on any atom is -0.454 e. The van der Waals surface area contributed by atoms with Gasteiger partial charge in [0.25, 0.3) is 0 Å². The molecule has 1 aromatic heterocycles. The largest absolute Gasteiger partial charge is 0.454 e. The van der Waals surface area contributed by atoms with Crippen molar-refractivity contribution < 1.29 is 19.0 Å². The molecule has 25 heavy (non-hydrogen) atoms. The van der Waals surface area contributed by atoms with E-state index < -0.39 is 0 Å². The Labute approximate surface area is 145 Å². The van der Waals surface area contributed by atoms with Crippen LogP contribution in [0.25, 0.3) is 0 Å². The molecule has 3 heterocycles. The van der Waals surface area contributed by atoms with Gasteiger partial charge in [-0.15, -0.1) is 10.2 Å². The maximum Gasteiger partial charge on any atom is 0.231 e. The Balaban J connectivity index is 1.49. The van der Waals surface area contributed by atoms with Crippen molar-refractivity contribution in [2.45, 2.75) is 32.5 Å². The van der Waals surface area contributed by atoms with Crippen LogP contribution in [0.4, 0.5) is 0 Å². The normalized spacial score (nSPS) is 18.3. The summed E-state index contributed by atoms with van der Waals surface area (Å²) in [5, 5.41) is 8.42. The van der Waals surface area contributed by atoms with Crippen LogP contribution in [-0.4, -0.2) is 46.0 Å². The minimum absolute atomic E-state index is 0.0638. The van der Waals surface area contributed by atoms with Gasteiger partial charge in [-0.3, -0.25) is 4.79 Å². The molecule has 0 saturated heterocycles. The molecule has 0 radical (unpaired) electrons. The summed E-state index contributed by atoms with van der Waals surface area (Å²) in [5.74, 6) is 3.08. The van der Waals surface area contributed by atoms with Crippen LogP contribution in [0.5, 0.6) is 11.5 Å². The van der Waals surface area contributed by atoms with Crippen LogP contribution in [-0.2, 0) is 29.1 Å². The van der Waals surface area contributed by atoms with Crippen molar-refractivity contribution in [1.82, 2.24) is 19.7 Å². The Morgan fingerprint density at radius 3 is 2.96 bits per heavy atom. The van der Waals surface area contributed by atoms with Gasteiger partial charge in [0.2, 0.25) is 12.7 Å². The van der Waals surface area contributed by atoms with Gasteiger partial charge in [0.1, 0.15) is 6.61 Å². The first-order valence-corrected chi connectivity index (χ1v) is 8.26. The van der Waals surface area contributed by atoms with E-state index in [4.69, 9.17) is 14.2 Å². The fourth-order valence-electron chi connectivity index (χ4n) is 3.35. The second-order valence-electron chi connectivity index (χ2n) is 6.19. The Morgan fingerprint density at radius 2 is 2.12 bits per heavy atom. The average Bonchev–Trinajstić information content (AvgIpc) is 3.22. The lowest BCUT2D eigenvalue weighted by Crippen LogP contribution is -2.42. The van der Waals surface area contributed by atoms with E-state index in [-0.39, 0.29) is 18.7 Å². The molecule has 1 amide bonds. The molecule has 2 aliphatic heterocycles. The van der Waals surface area contributed by atoms with Gasteiger partial charge < -0.3 is 23.7 Å². The van der Waals surface area contributed by atoms with E-state index in [0.717, 1.165) is 23.0 Å². The number of carbonyl (C=O) groups excluding carboxylic acids is 1. The third-order valence-electron chi connectivity index (χ3n) is 4.65. The molecule has 0 unspecified atom stereocenters. The standard InChI is InChI=1S/C17H20N4O4/c1-11-17-19-18-15(9-23-2)21(17)6-5-20(11)16(22)8-12-3-4-13-14(7-12)25-10-24-13/h3-4,7,11H,5-6,8-10H2,1-2H3/t11-/m1/s1. The van der Waals surface area contributed by atoms with Crippen LogP contribution in [0.2, 0.25) is 0 Å². The van der Waals surface area contributed by atoms with E-state index in [0.29, 0.717) is 31.9 Å². The fraction of sp³-hybridized carbons (Fsp3) is 0.471. The Morgan fingerprint density at radius 1 is 1.28 bits per heavy atom. The smallest absolute Gasteiger partial charge is 0.231 e. The Kier molecular flexibility index (Phi) is 4.04. The van der Waals surface area contributed by atoms with E-state index in [1.807, 2.05) is 34.6 Å². The van der Waals surface area contributed by atoms with Gasteiger partial charge in [-0.2, -0.15) is 0 Å². The molecule has 0 aliphatic carbocycles. The second kappa shape index (κ2) is 6.36. The zero-order valence-corrected chi connectivity index (χ0v) is 14.3. The first kappa shape index (κ1) is 15.9. The van der Waals surface area contributed by atoms with Gasteiger partial charge in [0.15, 0.2) is 23.1 Å². The summed E-state index contributed by atoms with van der Waals surface area (Å²) in [7, 11) is 1.63. The molecule has 2 aliphatic rings. The van der Waals surface area contributed by atoms with E-state index in [9.17, 15) is 4.79 Å². The van der Waals surface area contributed by atoms with Crippen molar-refractivity contribution in [3.8, 4) is 11.5 Å². The van der Waals surface area contributed by atoms with Crippen LogP contribution in [0, 0.1) is 0 Å². The monoisotopic (exact) mass is 344 g/mol. The summed E-state index contributed by atoms with van der Waals surface area (Å²) in [6.07, 6.45) is 0.319. The van der Waals surface area contributed by atoms with E-state index >= 15 is 0 Å². The number of methoxy groups -OCH3 is 1. The molecule has 0 bridgehead atoms. The molecule has 4 rings (SSSR count). The molecule has 1 atom stereocenters.